The molecule has 1 saturated heterocycles. The molecule has 1 aliphatic rings. The van der Waals surface area contributed by atoms with Crippen molar-refractivity contribution in [2.24, 2.45) is 4.99 Å². The van der Waals surface area contributed by atoms with E-state index in [1.165, 1.54) is 24.3 Å². The number of hydrogen-bond donors (Lipinski definition) is 2. The van der Waals surface area contributed by atoms with Crippen LogP contribution in [0.4, 0.5) is 0 Å². The molecule has 2 aromatic rings. The Balaban J connectivity index is 1.55. The van der Waals surface area contributed by atoms with Crippen molar-refractivity contribution < 1.29 is 4.42 Å². The number of furan rings is 1. The van der Waals surface area contributed by atoms with Crippen molar-refractivity contribution in [3.05, 3.63) is 40.2 Å². The van der Waals surface area contributed by atoms with Gasteiger partial charge in [-0.2, -0.15) is 0 Å². The molecule has 1 fully saturated rings. The van der Waals surface area contributed by atoms with E-state index in [0.717, 1.165) is 49.3 Å². The van der Waals surface area contributed by atoms with Crippen molar-refractivity contribution >= 4 is 17.3 Å². The average molecular weight is 404 g/mol. The molecule has 2 atom stereocenters. The van der Waals surface area contributed by atoms with Gasteiger partial charge >= 0.3 is 0 Å². The highest BCUT2D eigenvalue weighted by Crippen LogP contribution is 2.21. The summed E-state index contributed by atoms with van der Waals surface area (Å²) < 4.78 is 5.43. The molecule has 1 aliphatic heterocycles. The molecule has 0 saturated carbocycles. The van der Waals surface area contributed by atoms with Gasteiger partial charge in [0.1, 0.15) is 5.76 Å². The highest BCUT2D eigenvalue weighted by Gasteiger charge is 2.22. The Hall–Kier alpha value is -1.86. The predicted octanol–water partition coefficient (Wildman–Crippen LogP) is 3.41. The van der Waals surface area contributed by atoms with Gasteiger partial charge in [-0.3, -0.25) is 9.89 Å². The summed E-state index contributed by atoms with van der Waals surface area (Å²) in [5, 5.41) is 8.19. The molecule has 2 unspecified atom stereocenters. The largest absolute Gasteiger partial charge is 0.469 e. The maximum absolute atomic E-state index is 5.43. The zero-order chi connectivity index (χ0) is 19.8. The van der Waals surface area contributed by atoms with E-state index in [1.807, 2.05) is 18.3 Å². The standard InChI is InChI=1S/C21H33N5OS/c1-4-26-11-5-7-18(26)15-25-21(22-10-9-19-8-6-12-27-19)24-13-16(2)20-23-14-17(3)28-20/h6,8,12,14,16,18H,4-5,7,9-11,13,15H2,1-3H3,(H2,22,24,25). The van der Waals surface area contributed by atoms with Crippen LogP contribution >= 0.6 is 11.3 Å². The predicted molar refractivity (Wildman–Crippen MR) is 116 cm³/mol. The monoisotopic (exact) mass is 403 g/mol. The van der Waals surface area contributed by atoms with Gasteiger partial charge in [0.2, 0.25) is 0 Å². The Morgan fingerprint density at radius 2 is 2.36 bits per heavy atom. The number of likely N-dealkylation sites (tertiary alicyclic amines) is 1. The lowest BCUT2D eigenvalue weighted by molar-refractivity contribution is 0.267. The fraction of sp³-hybridized carbons (Fsp3) is 0.619. The number of hydrogen-bond acceptors (Lipinski definition) is 5. The number of aryl methyl sites for hydroxylation is 1. The van der Waals surface area contributed by atoms with Crippen LogP contribution in [0.1, 0.15) is 48.3 Å². The normalized spacial score (nSPS) is 19.1. The molecule has 3 rings (SSSR count). The van der Waals surface area contributed by atoms with Crippen LogP contribution in [0.15, 0.2) is 34.0 Å². The number of guanidine groups is 1. The lowest BCUT2D eigenvalue weighted by Gasteiger charge is -2.24. The molecule has 2 aromatic heterocycles. The zero-order valence-corrected chi connectivity index (χ0v) is 18.1. The lowest BCUT2D eigenvalue weighted by atomic mass is 10.2. The van der Waals surface area contributed by atoms with Crippen LogP contribution in [0.25, 0.3) is 0 Å². The second-order valence-electron chi connectivity index (χ2n) is 7.46. The molecular formula is C21H33N5OS. The quantitative estimate of drug-likeness (QED) is 0.496. The second kappa shape index (κ2) is 10.6. The average Bonchev–Trinajstić information content (AvgIpc) is 3.44. The van der Waals surface area contributed by atoms with Gasteiger partial charge in [0.15, 0.2) is 5.96 Å². The van der Waals surface area contributed by atoms with Crippen LogP contribution < -0.4 is 10.6 Å². The fourth-order valence-corrected chi connectivity index (χ4v) is 4.41. The Labute approximate surface area is 172 Å². The van der Waals surface area contributed by atoms with E-state index in [-0.39, 0.29) is 0 Å². The summed E-state index contributed by atoms with van der Waals surface area (Å²) in [7, 11) is 0. The number of thiazole rings is 1. The van der Waals surface area contributed by atoms with Crippen LogP contribution in [0, 0.1) is 6.92 Å². The highest BCUT2D eigenvalue weighted by atomic mass is 32.1. The summed E-state index contributed by atoms with van der Waals surface area (Å²) in [6.07, 6.45) is 7.06. The minimum atomic E-state index is 0.320. The molecule has 154 valence electrons. The molecular weight excluding hydrogens is 370 g/mol. The summed E-state index contributed by atoms with van der Waals surface area (Å²) in [6.45, 7) is 11.3. The van der Waals surface area contributed by atoms with E-state index in [1.54, 1.807) is 17.6 Å². The maximum Gasteiger partial charge on any atom is 0.191 e. The summed E-state index contributed by atoms with van der Waals surface area (Å²) >= 11 is 1.76. The first-order valence-corrected chi connectivity index (χ1v) is 11.2. The number of aliphatic imine (C=N–C) groups is 1. The van der Waals surface area contributed by atoms with Crippen molar-refractivity contribution in [2.75, 3.05) is 32.7 Å². The van der Waals surface area contributed by atoms with Crippen LogP contribution in [0.2, 0.25) is 0 Å². The van der Waals surface area contributed by atoms with Crippen LogP contribution in [-0.2, 0) is 6.42 Å². The molecule has 0 spiro atoms. The van der Waals surface area contributed by atoms with Crippen LogP contribution in [0.5, 0.6) is 0 Å². The Morgan fingerprint density at radius 1 is 1.46 bits per heavy atom. The molecule has 0 aromatic carbocycles. The Kier molecular flexibility index (Phi) is 7.91. The molecule has 0 bridgehead atoms. The van der Waals surface area contributed by atoms with Crippen molar-refractivity contribution in [1.29, 1.82) is 0 Å². The van der Waals surface area contributed by atoms with Gasteiger partial charge in [0.05, 0.1) is 17.8 Å². The smallest absolute Gasteiger partial charge is 0.191 e. The molecule has 6 nitrogen and oxygen atoms in total. The number of rotatable bonds is 9. The van der Waals surface area contributed by atoms with Crippen molar-refractivity contribution in [1.82, 2.24) is 20.5 Å². The maximum atomic E-state index is 5.43. The third-order valence-electron chi connectivity index (χ3n) is 5.24. The SMILES string of the molecule is CCN1CCCC1CNC(=NCC(C)c1ncc(C)s1)NCCc1ccco1. The van der Waals surface area contributed by atoms with Crippen LogP contribution in [-0.4, -0.2) is 54.6 Å². The van der Waals surface area contributed by atoms with E-state index in [0.29, 0.717) is 12.0 Å². The zero-order valence-electron chi connectivity index (χ0n) is 17.3. The summed E-state index contributed by atoms with van der Waals surface area (Å²) in [5.74, 6) is 2.20. The van der Waals surface area contributed by atoms with Crippen LogP contribution in [0.3, 0.4) is 0 Å². The molecule has 0 amide bonds. The molecule has 7 heteroatoms. The van der Waals surface area contributed by atoms with Crippen molar-refractivity contribution in [2.45, 2.75) is 52.0 Å². The van der Waals surface area contributed by atoms with Crippen molar-refractivity contribution in [3.8, 4) is 0 Å². The first kappa shape index (κ1) is 20.9. The van der Waals surface area contributed by atoms with Gasteiger partial charge in [-0.1, -0.05) is 13.8 Å². The first-order valence-electron chi connectivity index (χ1n) is 10.4. The Morgan fingerprint density at radius 3 is 3.07 bits per heavy atom. The summed E-state index contributed by atoms with van der Waals surface area (Å²) in [4.78, 5) is 13.2. The van der Waals surface area contributed by atoms with Gasteiger partial charge in [-0.15, -0.1) is 11.3 Å². The minimum Gasteiger partial charge on any atom is -0.469 e. The molecule has 28 heavy (non-hydrogen) atoms. The van der Waals surface area contributed by atoms with Crippen molar-refractivity contribution in [3.63, 3.8) is 0 Å². The van der Waals surface area contributed by atoms with Gasteiger partial charge in [0, 0.05) is 42.5 Å². The third kappa shape index (κ3) is 6.07. The van der Waals surface area contributed by atoms with Gasteiger partial charge in [-0.25, -0.2) is 4.98 Å². The van der Waals surface area contributed by atoms with E-state index in [4.69, 9.17) is 9.41 Å². The first-order chi connectivity index (χ1) is 13.7. The number of likely N-dealkylation sites (N-methyl/N-ethyl adjacent to an activating group) is 1. The second-order valence-corrected chi connectivity index (χ2v) is 8.73. The molecule has 0 radical (unpaired) electrons. The topological polar surface area (TPSA) is 65.7 Å². The Bertz CT molecular complexity index is 727. The van der Waals surface area contributed by atoms with E-state index < -0.39 is 0 Å². The highest BCUT2D eigenvalue weighted by molar-refractivity contribution is 7.11. The fourth-order valence-electron chi connectivity index (χ4n) is 3.60. The molecule has 2 N–H and O–H groups in total. The van der Waals surface area contributed by atoms with E-state index >= 15 is 0 Å². The number of aromatic nitrogens is 1. The van der Waals surface area contributed by atoms with Gasteiger partial charge in [0.25, 0.3) is 0 Å². The van der Waals surface area contributed by atoms with Gasteiger partial charge < -0.3 is 15.1 Å². The summed E-state index contributed by atoms with van der Waals surface area (Å²) in [5.41, 5.74) is 0. The van der Waals surface area contributed by atoms with E-state index in [9.17, 15) is 0 Å². The van der Waals surface area contributed by atoms with E-state index in [2.05, 4.69) is 41.3 Å². The number of nitrogens with zero attached hydrogens (tertiary/aromatic N) is 3. The lowest BCUT2D eigenvalue weighted by Crippen LogP contribution is -2.45. The molecule has 0 aliphatic carbocycles. The van der Waals surface area contributed by atoms with Gasteiger partial charge in [-0.05, 0) is 45.0 Å². The molecule has 3 heterocycles. The minimum absolute atomic E-state index is 0.320. The number of nitrogens with one attached hydrogen (secondary N) is 2. The third-order valence-corrected chi connectivity index (χ3v) is 6.38. The summed E-state index contributed by atoms with van der Waals surface area (Å²) in [6, 6.07) is 4.54.